The number of hydrogen-bond acceptors (Lipinski definition) is 5. The number of amides is 1. The number of carbonyl (C=O) groups excluding carboxylic acids is 1. The molecule has 6 N–H and O–H groups in total. The van der Waals surface area contributed by atoms with Gasteiger partial charge in [-0.15, -0.1) is 0 Å². The van der Waals surface area contributed by atoms with E-state index in [1.807, 2.05) is 0 Å². The molecular formula is C15H14N4O4S. The number of benzene rings is 2. The lowest BCUT2D eigenvalue weighted by atomic mass is 10.2. The van der Waals surface area contributed by atoms with Gasteiger partial charge in [0.15, 0.2) is 21.5 Å². The summed E-state index contributed by atoms with van der Waals surface area (Å²) in [6.45, 7) is 0. The number of carbonyl (C=O) groups is 1. The lowest BCUT2D eigenvalue weighted by molar-refractivity contribution is 0.100. The second kappa shape index (κ2) is 5.53. The van der Waals surface area contributed by atoms with Gasteiger partial charge in [-0.3, -0.25) is 4.79 Å². The monoisotopic (exact) mass is 346 g/mol. The SMILES string of the molecule is NC(N)=NC(=O)c1ccc2c(c1)S(=O)(=O)Cc1cccc(N)c1O2. The number of ether oxygens (including phenoxy) is 1. The van der Waals surface area contributed by atoms with E-state index < -0.39 is 21.7 Å². The fourth-order valence-electron chi connectivity index (χ4n) is 2.39. The average molecular weight is 346 g/mol. The molecule has 1 amide bonds. The Hall–Kier alpha value is -3.07. The van der Waals surface area contributed by atoms with Crippen LogP contribution in [0.25, 0.3) is 0 Å². The number of hydrogen-bond donors (Lipinski definition) is 3. The van der Waals surface area contributed by atoms with Crippen molar-refractivity contribution in [1.82, 2.24) is 0 Å². The van der Waals surface area contributed by atoms with Gasteiger partial charge in [-0.2, -0.15) is 4.99 Å². The second-order valence-electron chi connectivity index (χ2n) is 5.20. The van der Waals surface area contributed by atoms with Crippen LogP contribution in [0.4, 0.5) is 5.69 Å². The van der Waals surface area contributed by atoms with E-state index in [4.69, 9.17) is 21.9 Å². The number of nitrogen functional groups attached to an aromatic ring is 1. The molecule has 24 heavy (non-hydrogen) atoms. The molecule has 0 spiro atoms. The van der Waals surface area contributed by atoms with Gasteiger partial charge in [0.1, 0.15) is 10.6 Å². The minimum Gasteiger partial charge on any atom is -0.454 e. The van der Waals surface area contributed by atoms with E-state index in [1.165, 1.54) is 18.2 Å². The first-order chi connectivity index (χ1) is 11.3. The van der Waals surface area contributed by atoms with Crippen LogP contribution in [0.3, 0.4) is 0 Å². The number of nitrogens with zero attached hydrogens (tertiary/aromatic N) is 1. The maximum absolute atomic E-state index is 12.6. The van der Waals surface area contributed by atoms with Gasteiger partial charge in [0, 0.05) is 11.1 Å². The molecule has 0 aliphatic carbocycles. The number of para-hydroxylation sites is 1. The zero-order chi connectivity index (χ0) is 17.5. The Morgan fingerprint density at radius 2 is 1.92 bits per heavy atom. The third-order valence-corrected chi connectivity index (χ3v) is 5.12. The van der Waals surface area contributed by atoms with Crippen LogP contribution in [-0.4, -0.2) is 20.3 Å². The molecule has 8 nitrogen and oxygen atoms in total. The molecule has 2 aromatic rings. The minimum atomic E-state index is -3.74. The Labute approximate surface area is 137 Å². The fourth-order valence-corrected chi connectivity index (χ4v) is 3.90. The highest BCUT2D eigenvalue weighted by Gasteiger charge is 2.28. The summed E-state index contributed by atoms with van der Waals surface area (Å²) in [6, 6.07) is 8.85. The summed E-state index contributed by atoms with van der Waals surface area (Å²) in [7, 11) is -3.74. The molecule has 0 unspecified atom stereocenters. The smallest absolute Gasteiger partial charge is 0.280 e. The molecule has 0 bridgehead atoms. The molecule has 0 aromatic heterocycles. The summed E-state index contributed by atoms with van der Waals surface area (Å²) in [6.07, 6.45) is 0. The van der Waals surface area contributed by atoms with Crippen LogP contribution in [0.2, 0.25) is 0 Å². The molecule has 1 aliphatic heterocycles. The van der Waals surface area contributed by atoms with Crippen molar-refractivity contribution in [3.63, 3.8) is 0 Å². The maximum Gasteiger partial charge on any atom is 0.280 e. The van der Waals surface area contributed by atoms with Gasteiger partial charge < -0.3 is 21.9 Å². The van der Waals surface area contributed by atoms with E-state index in [0.29, 0.717) is 17.0 Å². The molecule has 0 radical (unpaired) electrons. The van der Waals surface area contributed by atoms with Gasteiger partial charge in [0.25, 0.3) is 5.91 Å². The number of guanidine groups is 1. The van der Waals surface area contributed by atoms with Gasteiger partial charge in [-0.05, 0) is 24.3 Å². The van der Waals surface area contributed by atoms with E-state index in [2.05, 4.69) is 4.99 Å². The lowest BCUT2D eigenvalue weighted by Gasteiger charge is -2.10. The van der Waals surface area contributed by atoms with Crippen LogP contribution in [-0.2, 0) is 15.6 Å². The average Bonchev–Trinajstić information content (AvgIpc) is 2.60. The third kappa shape index (κ3) is 2.76. The van der Waals surface area contributed by atoms with E-state index >= 15 is 0 Å². The van der Waals surface area contributed by atoms with Crippen molar-refractivity contribution >= 4 is 27.4 Å². The van der Waals surface area contributed by atoms with Gasteiger partial charge in [-0.25, -0.2) is 8.42 Å². The molecule has 9 heteroatoms. The zero-order valence-electron chi connectivity index (χ0n) is 12.4. The first kappa shape index (κ1) is 15.8. The number of anilines is 1. The predicted molar refractivity (Wildman–Crippen MR) is 88.4 cm³/mol. The van der Waals surface area contributed by atoms with Crippen LogP contribution in [0.5, 0.6) is 11.5 Å². The Kier molecular flexibility index (Phi) is 3.64. The molecule has 0 fully saturated rings. The maximum atomic E-state index is 12.6. The van der Waals surface area contributed by atoms with E-state index in [1.54, 1.807) is 18.2 Å². The number of nitrogens with two attached hydrogens (primary N) is 3. The summed E-state index contributed by atoms with van der Waals surface area (Å²) >= 11 is 0. The van der Waals surface area contributed by atoms with Crippen LogP contribution in [0, 0.1) is 0 Å². The normalized spacial score (nSPS) is 14.5. The summed E-state index contributed by atoms with van der Waals surface area (Å²) in [5.74, 6) is -1.06. The molecule has 0 atom stereocenters. The number of aliphatic imine (C=N–C) groups is 1. The van der Waals surface area contributed by atoms with Gasteiger partial charge in [0.05, 0.1) is 11.4 Å². The molecule has 124 valence electrons. The molecule has 2 aromatic carbocycles. The van der Waals surface area contributed by atoms with Crippen molar-refractivity contribution in [1.29, 1.82) is 0 Å². The molecule has 1 aliphatic rings. The Bertz CT molecular complexity index is 979. The van der Waals surface area contributed by atoms with E-state index in [-0.39, 0.29) is 22.0 Å². The van der Waals surface area contributed by atoms with Crippen LogP contribution < -0.4 is 21.9 Å². The van der Waals surface area contributed by atoms with Crippen molar-refractivity contribution in [2.24, 2.45) is 16.5 Å². The third-order valence-electron chi connectivity index (χ3n) is 3.44. The van der Waals surface area contributed by atoms with E-state index in [0.717, 1.165) is 0 Å². The quantitative estimate of drug-likeness (QED) is 0.392. The molecule has 1 heterocycles. The topological polar surface area (TPSA) is 151 Å². The van der Waals surface area contributed by atoms with Gasteiger partial charge >= 0.3 is 0 Å². The summed E-state index contributed by atoms with van der Waals surface area (Å²) < 4.78 is 31.0. The second-order valence-corrected chi connectivity index (χ2v) is 7.16. The molecular weight excluding hydrogens is 332 g/mol. The summed E-state index contributed by atoms with van der Waals surface area (Å²) in [5.41, 5.74) is 17.0. The lowest BCUT2D eigenvalue weighted by Crippen LogP contribution is -2.24. The summed E-state index contributed by atoms with van der Waals surface area (Å²) in [4.78, 5) is 15.2. The van der Waals surface area contributed by atoms with Crippen molar-refractivity contribution in [3.8, 4) is 11.5 Å². The molecule has 0 saturated carbocycles. The van der Waals surface area contributed by atoms with Crippen molar-refractivity contribution in [2.75, 3.05) is 5.73 Å². The largest absolute Gasteiger partial charge is 0.454 e. The van der Waals surface area contributed by atoms with Gasteiger partial charge in [-0.1, -0.05) is 12.1 Å². The predicted octanol–water partition coefficient (Wildman–Crippen LogP) is 0.762. The van der Waals surface area contributed by atoms with Crippen LogP contribution in [0.15, 0.2) is 46.3 Å². The van der Waals surface area contributed by atoms with E-state index in [9.17, 15) is 13.2 Å². The molecule has 3 rings (SSSR count). The van der Waals surface area contributed by atoms with Gasteiger partial charge in [0.2, 0.25) is 0 Å². The Morgan fingerprint density at radius 1 is 1.17 bits per heavy atom. The highest BCUT2D eigenvalue weighted by molar-refractivity contribution is 7.90. The fraction of sp³-hybridized carbons (Fsp3) is 0.0667. The number of rotatable bonds is 1. The van der Waals surface area contributed by atoms with Crippen molar-refractivity contribution < 1.29 is 17.9 Å². The van der Waals surface area contributed by atoms with Crippen molar-refractivity contribution in [2.45, 2.75) is 10.6 Å². The first-order valence-electron chi connectivity index (χ1n) is 6.84. The highest BCUT2D eigenvalue weighted by Crippen LogP contribution is 2.40. The standard InChI is InChI=1S/C15H14N4O4S/c16-10-3-1-2-9-7-24(21,22)12-6-8(14(20)19-15(17)18)4-5-11(12)23-13(9)10/h1-6H,7,16H2,(H4,17,18,19,20). The highest BCUT2D eigenvalue weighted by atomic mass is 32.2. The van der Waals surface area contributed by atoms with Crippen LogP contribution in [0.1, 0.15) is 15.9 Å². The van der Waals surface area contributed by atoms with Crippen LogP contribution >= 0.6 is 0 Å². The zero-order valence-corrected chi connectivity index (χ0v) is 13.2. The first-order valence-corrected chi connectivity index (χ1v) is 8.49. The minimum absolute atomic E-state index is 0.0354. The Morgan fingerprint density at radius 3 is 2.62 bits per heavy atom. The Balaban J connectivity index is 2.16. The molecule has 0 saturated heterocycles. The summed E-state index contributed by atoms with van der Waals surface area (Å²) in [5, 5.41) is 0. The van der Waals surface area contributed by atoms with Crippen molar-refractivity contribution in [3.05, 3.63) is 47.5 Å². The number of sulfone groups is 1. The number of fused-ring (bicyclic) bond motifs is 2.